The van der Waals surface area contributed by atoms with Gasteiger partial charge in [0.1, 0.15) is 11.2 Å². The molecule has 2 aromatic heterocycles. The maximum Gasteiger partial charge on any atom is 0.143 e. The lowest BCUT2D eigenvalue weighted by Gasteiger charge is -2.01. The van der Waals surface area contributed by atoms with E-state index >= 15 is 0 Å². The lowest BCUT2D eigenvalue weighted by molar-refractivity contribution is 0.614. The molecular formula is C35H30OS. The number of hydrogen-bond donors (Lipinski definition) is 0. The highest BCUT2D eigenvalue weighted by Crippen LogP contribution is 2.42. The van der Waals surface area contributed by atoms with E-state index in [4.69, 9.17) is 4.42 Å². The number of thiophene rings is 1. The van der Waals surface area contributed by atoms with Crippen molar-refractivity contribution in [2.45, 2.75) is 58.8 Å². The van der Waals surface area contributed by atoms with Crippen LogP contribution in [0, 0.1) is 23.7 Å². The highest BCUT2D eigenvalue weighted by Gasteiger charge is 2.14. The first-order chi connectivity index (χ1) is 18.3. The van der Waals surface area contributed by atoms with Crippen molar-refractivity contribution in [2.24, 2.45) is 0 Å². The predicted molar refractivity (Wildman–Crippen MR) is 162 cm³/mol. The fraction of sp³-hybridized carbons (Fsp3) is 0.257. The zero-order valence-electron chi connectivity index (χ0n) is 21.5. The third-order valence-electron chi connectivity index (χ3n) is 7.23. The minimum atomic E-state index is 0.892. The molecule has 1 nitrogen and oxygen atoms in total. The van der Waals surface area contributed by atoms with Gasteiger partial charge < -0.3 is 4.42 Å². The van der Waals surface area contributed by atoms with Crippen molar-refractivity contribution in [3.05, 3.63) is 71.8 Å². The van der Waals surface area contributed by atoms with E-state index in [-0.39, 0.29) is 0 Å². The van der Waals surface area contributed by atoms with Crippen molar-refractivity contribution >= 4 is 64.2 Å². The molecule has 0 aliphatic heterocycles. The van der Waals surface area contributed by atoms with Crippen LogP contribution in [0.5, 0.6) is 0 Å². The summed E-state index contributed by atoms with van der Waals surface area (Å²) in [5.41, 5.74) is 3.94. The lowest BCUT2D eigenvalue weighted by Crippen LogP contribution is -1.78. The van der Waals surface area contributed by atoms with E-state index in [2.05, 4.69) is 85.2 Å². The van der Waals surface area contributed by atoms with E-state index in [1.165, 1.54) is 64.1 Å². The molecule has 6 rings (SSSR count). The first kappa shape index (κ1) is 23.7. The SMILES string of the molecule is CC#Cc1ccc2c(c1)oc1c2ccc2c1ccc1c3ccc(C#CCCCCCCCC)cc3sc12. The number of hydrogen-bond acceptors (Lipinski definition) is 2. The monoisotopic (exact) mass is 498 g/mol. The van der Waals surface area contributed by atoms with Gasteiger partial charge in [-0.25, -0.2) is 0 Å². The molecule has 0 aliphatic carbocycles. The Morgan fingerprint density at radius 2 is 1.32 bits per heavy atom. The van der Waals surface area contributed by atoms with Gasteiger partial charge in [-0.15, -0.1) is 17.3 Å². The Bertz CT molecular complexity index is 1890. The molecule has 0 aliphatic rings. The number of furan rings is 1. The van der Waals surface area contributed by atoms with Gasteiger partial charge in [0.05, 0.1) is 0 Å². The molecule has 182 valence electrons. The maximum absolute atomic E-state index is 6.40. The highest BCUT2D eigenvalue weighted by molar-refractivity contribution is 7.26. The van der Waals surface area contributed by atoms with Gasteiger partial charge >= 0.3 is 0 Å². The summed E-state index contributed by atoms with van der Waals surface area (Å²) < 4.78 is 9.01. The van der Waals surface area contributed by atoms with Gasteiger partial charge in [0.15, 0.2) is 0 Å². The predicted octanol–water partition coefficient (Wildman–Crippen LogP) is 10.6. The average molecular weight is 499 g/mol. The summed E-state index contributed by atoms with van der Waals surface area (Å²) >= 11 is 1.86. The average Bonchev–Trinajstić information content (AvgIpc) is 3.48. The zero-order chi connectivity index (χ0) is 25.2. The number of rotatable bonds is 6. The highest BCUT2D eigenvalue weighted by atomic mass is 32.1. The Hall–Kier alpha value is -3.72. The fourth-order valence-corrected chi connectivity index (χ4v) is 6.60. The molecule has 0 bridgehead atoms. The van der Waals surface area contributed by atoms with Crippen LogP contribution in [0.3, 0.4) is 0 Å². The Morgan fingerprint density at radius 1 is 0.676 bits per heavy atom. The Labute approximate surface area is 222 Å². The number of benzene rings is 4. The summed E-state index contributed by atoms with van der Waals surface area (Å²) in [6, 6.07) is 21.8. The molecule has 0 atom stereocenters. The number of unbranched alkanes of at least 4 members (excludes halogenated alkanes) is 6. The van der Waals surface area contributed by atoms with Gasteiger partial charge in [0, 0.05) is 59.3 Å². The third-order valence-corrected chi connectivity index (χ3v) is 8.43. The second kappa shape index (κ2) is 10.3. The van der Waals surface area contributed by atoms with E-state index < -0.39 is 0 Å². The van der Waals surface area contributed by atoms with Crippen molar-refractivity contribution in [3.8, 4) is 23.7 Å². The molecule has 6 aromatic rings. The maximum atomic E-state index is 6.40. The van der Waals surface area contributed by atoms with Crippen LogP contribution in [-0.2, 0) is 0 Å². The molecule has 4 aromatic carbocycles. The Kier molecular flexibility index (Phi) is 6.61. The van der Waals surface area contributed by atoms with Gasteiger partial charge in [0.2, 0.25) is 0 Å². The summed E-state index contributed by atoms with van der Waals surface area (Å²) in [4.78, 5) is 0. The van der Waals surface area contributed by atoms with E-state index in [0.29, 0.717) is 0 Å². The molecule has 0 amide bonds. The van der Waals surface area contributed by atoms with Crippen LogP contribution in [0.4, 0.5) is 0 Å². The van der Waals surface area contributed by atoms with E-state index in [1.54, 1.807) is 0 Å². The van der Waals surface area contributed by atoms with Crippen LogP contribution < -0.4 is 0 Å². The largest absolute Gasteiger partial charge is 0.455 e. The third kappa shape index (κ3) is 4.48. The smallest absolute Gasteiger partial charge is 0.143 e. The van der Waals surface area contributed by atoms with Crippen molar-refractivity contribution < 1.29 is 4.42 Å². The lowest BCUT2D eigenvalue weighted by atomic mass is 10.0. The van der Waals surface area contributed by atoms with Gasteiger partial charge in [-0.2, -0.15) is 0 Å². The zero-order valence-corrected chi connectivity index (χ0v) is 22.4. The molecule has 0 unspecified atom stereocenters. The van der Waals surface area contributed by atoms with Crippen LogP contribution in [0.15, 0.2) is 65.1 Å². The minimum Gasteiger partial charge on any atom is -0.455 e. The van der Waals surface area contributed by atoms with Gasteiger partial charge in [-0.3, -0.25) is 0 Å². The Balaban J connectivity index is 1.34. The molecule has 0 radical (unpaired) electrons. The molecular weight excluding hydrogens is 468 g/mol. The van der Waals surface area contributed by atoms with Gasteiger partial charge in [-0.1, -0.05) is 75.0 Å². The van der Waals surface area contributed by atoms with Crippen molar-refractivity contribution in [1.82, 2.24) is 0 Å². The van der Waals surface area contributed by atoms with Crippen molar-refractivity contribution in [1.29, 1.82) is 0 Å². The molecule has 0 fully saturated rings. The summed E-state index contributed by atoms with van der Waals surface area (Å²) in [6.07, 6.45) is 8.84. The van der Waals surface area contributed by atoms with Gasteiger partial charge in [-0.05, 0) is 55.8 Å². The van der Waals surface area contributed by atoms with E-state index in [1.807, 2.05) is 24.3 Å². The summed E-state index contributed by atoms with van der Waals surface area (Å²) in [5, 5.41) is 7.30. The molecule has 2 heterocycles. The summed E-state index contributed by atoms with van der Waals surface area (Å²) in [7, 11) is 0. The van der Waals surface area contributed by atoms with Crippen LogP contribution in [0.25, 0.3) is 52.9 Å². The normalized spacial score (nSPS) is 11.3. The number of fused-ring (bicyclic) bond motifs is 9. The molecule has 0 saturated heterocycles. The van der Waals surface area contributed by atoms with E-state index in [9.17, 15) is 0 Å². The molecule has 37 heavy (non-hydrogen) atoms. The summed E-state index contributed by atoms with van der Waals surface area (Å²) in [5.74, 6) is 12.9. The summed E-state index contributed by atoms with van der Waals surface area (Å²) in [6.45, 7) is 4.12. The molecule has 0 N–H and O–H groups in total. The van der Waals surface area contributed by atoms with Crippen LogP contribution in [0.1, 0.15) is 69.9 Å². The molecule has 0 saturated carbocycles. The van der Waals surface area contributed by atoms with Crippen LogP contribution in [0.2, 0.25) is 0 Å². The van der Waals surface area contributed by atoms with Crippen molar-refractivity contribution in [2.75, 3.05) is 0 Å². The van der Waals surface area contributed by atoms with E-state index in [0.717, 1.165) is 44.9 Å². The minimum absolute atomic E-state index is 0.892. The second-order valence-corrected chi connectivity index (χ2v) is 10.9. The first-order valence-electron chi connectivity index (χ1n) is 13.4. The molecule has 0 spiro atoms. The second-order valence-electron chi connectivity index (χ2n) is 9.80. The van der Waals surface area contributed by atoms with Crippen LogP contribution >= 0.6 is 11.3 Å². The first-order valence-corrected chi connectivity index (χ1v) is 14.2. The van der Waals surface area contributed by atoms with Crippen LogP contribution in [-0.4, -0.2) is 0 Å². The molecule has 2 heteroatoms. The topological polar surface area (TPSA) is 13.1 Å². The standard InChI is InChI=1S/C35H30OS/c1-3-5-6-7-8-9-10-11-13-25-15-17-27-30-20-19-29-31(35(30)37-33(27)23-25)21-18-28-26-16-14-24(12-4-2)22-32(26)36-34(28)29/h14-23H,3,5-10H2,1-2H3. The quantitative estimate of drug-likeness (QED) is 0.164. The Morgan fingerprint density at radius 3 is 2.14 bits per heavy atom. The fourth-order valence-electron chi connectivity index (χ4n) is 5.33. The van der Waals surface area contributed by atoms with Gasteiger partial charge in [0.25, 0.3) is 0 Å². The van der Waals surface area contributed by atoms with Crippen molar-refractivity contribution in [3.63, 3.8) is 0 Å².